The van der Waals surface area contributed by atoms with Gasteiger partial charge in [-0.2, -0.15) is 5.10 Å². The van der Waals surface area contributed by atoms with Gasteiger partial charge in [-0.25, -0.2) is 10.2 Å². The lowest BCUT2D eigenvalue weighted by atomic mass is 10.2. The average molecular weight is 230 g/mol. The Labute approximate surface area is 98.9 Å². The number of fused-ring (bicyclic) bond motifs is 1. The lowest BCUT2D eigenvalue weighted by molar-refractivity contribution is 0.249. The molecule has 17 heavy (non-hydrogen) atoms. The van der Waals surface area contributed by atoms with Gasteiger partial charge in [-0.05, 0) is 13.0 Å². The second kappa shape index (κ2) is 4.69. The second-order valence-electron chi connectivity index (χ2n) is 3.62. The third kappa shape index (κ3) is 2.28. The van der Waals surface area contributed by atoms with E-state index in [9.17, 15) is 4.79 Å². The number of carbonyl (C=O) groups excluding carboxylic acids is 1. The van der Waals surface area contributed by atoms with E-state index in [1.807, 2.05) is 24.4 Å². The molecule has 0 saturated heterocycles. The quantitative estimate of drug-likeness (QED) is 0.611. The highest BCUT2D eigenvalue weighted by Gasteiger charge is 2.04. The van der Waals surface area contributed by atoms with E-state index in [1.165, 1.54) is 0 Å². The zero-order chi connectivity index (χ0) is 12.3. The topological polar surface area (TPSA) is 72.4 Å². The van der Waals surface area contributed by atoms with E-state index in [1.54, 1.807) is 6.21 Å². The Balaban J connectivity index is 2.40. The molecule has 1 aromatic carbocycles. The lowest BCUT2D eigenvalue weighted by Crippen LogP contribution is -2.24. The standard InChI is InChI=1S/C12H14N4O/c1-2-16-8-9(7-14-15-12(13)17)10-5-3-4-6-11(10)16/h3-8H,2H2,1H3,(H3,13,15,17)/b14-7-. The van der Waals surface area contributed by atoms with E-state index in [0.717, 1.165) is 23.0 Å². The van der Waals surface area contributed by atoms with Gasteiger partial charge in [0.2, 0.25) is 0 Å². The highest BCUT2D eigenvalue weighted by atomic mass is 16.2. The summed E-state index contributed by atoms with van der Waals surface area (Å²) < 4.78 is 2.13. The molecule has 5 heteroatoms. The summed E-state index contributed by atoms with van der Waals surface area (Å²) in [5.74, 6) is 0. The van der Waals surface area contributed by atoms with Crippen LogP contribution in [0.15, 0.2) is 35.6 Å². The van der Waals surface area contributed by atoms with Crippen LogP contribution in [0.25, 0.3) is 10.9 Å². The van der Waals surface area contributed by atoms with Gasteiger partial charge in [0.15, 0.2) is 0 Å². The van der Waals surface area contributed by atoms with Crippen molar-refractivity contribution in [3.05, 3.63) is 36.0 Å². The summed E-state index contributed by atoms with van der Waals surface area (Å²) in [5, 5.41) is 4.88. The number of hydrogen-bond acceptors (Lipinski definition) is 2. The fraction of sp³-hybridized carbons (Fsp3) is 0.167. The molecule has 0 aliphatic rings. The molecule has 0 aliphatic heterocycles. The predicted octanol–water partition coefficient (Wildman–Crippen LogP) is 1.66. The summed E-state index contributed by atoms with van der Waals surface area (Å²) in [7, 11) is 0. The van der Waals surface area contributed by atoms with Crippen molar-refractivity contribution in [1.82, 2.24) is 9.99 Å². The third-order valence-electron chi connectivity index (χ3n) is 2.54. The van der Waals surface area contributed by atoms with Crippen molar-refractivity contribution >= 4 is 23.1 Å². The van der Waals surface area contributed by atoms with Crippen molar-refractivity contribution in [2.75, 3.05) is 0 Å². The van der Waals surface area contributed by atoms with Crippen LogP contribution >= 0.6 is 0 Å². The zero-order valence-corrected chi connectivity index (χ0v) is 9.55. The van der Waals surface area contributed by atoms with Gasteiger partial charge in [0.25, 0.3) is 0 Å². The number of nitrogens with one attached hydrogen (secondary N) is 1. The number of nitrogens with two attached hydrogens (primary N) is 1. The van der Waals surface area contributed by atoms with E-state index in [4.69, 9.17) is 5.73 Å². The third-order valence-corrected chi connectivity index (χ3v) is 2.54. The molecule has 0 fully saturated rings. The number of amides is 2. The van der Waals surface area contributed by atoms with Crippen molar-refractivity contribution in [1.29, 1.82) is 0 Å². The van der Waals surface area contributed by atoms with Crippen LogP contribution in [0.3, 0.4) is 0 Å². The first-order valence-corrected chi connectivity index (χ1v) is 5.38. The van der Waals surface area contributed by atoms with E-state index in [-0.39, 0.29) is 0 Å². The highest BCUT2D eigenvalue weighted by molar-refractivity contribution is 5.99. The van der Waals surface area contributed by atoms with Gasteiger partial charge >= 0.3 is 6.03 Å². The number of aromatic nitrogens is 1. The van der Waals surface area contributed by atoms with Crippen LogP contribution in [-0.2, 0) is 6.54 Å². The number of carbonyl (C=O) groups is 1. The predicted molar refractivity (Wildman–Crippen MR) is 67.9 cm³/mol. The number of urea groups is 1. The van der Waals surface area contributed by atoms with Gasteiger partial charge in [-0.1, -0.05) is 18.2 Å². The molecule has 2 aromatic rings. The van der Waals surface area contributed by atoms with E-state index >= 15 is 0 Å². The minimum absolute atomic E-state index is 0.666. The van der Waals surface area contributed by atoms with E-state index in [2.05, 4.69) is 28.1 Å². The Morgan fingerprint density at radius 2 is 2.29 bits per heavy atom. The van der Waals surface area contributed by atoms with Crippen molar-refractivity contribution in [2.45, 2.75) is 13.5 Å². The summed E-state index contributed by atoms with van der Waals surface area (Å²) in [5.41, 5.74) is 9.22. The highest BCUT2D eigenvalue weighted by Crippen LogP contribution is 2.19. The van der Waals surface area contributed by atoms with E-state index < -0.39 is 6.03 Å². The largest absolute Gasteiger partial charge is 0.350 e. The molecule has 5 nitrogen and oxygen atoms in total. The molecule has 0 saturated carbocycles. The number of aryl methyl sites for hydroxylation is 1. The van der Waals surface area contributed by atoms with Gasteiger partial charge < -0.3 is 10.3 Å². The van der Waals surface area contributed by atoms with Crippen molar-refractivity contribution < 1.29 is 4.79 Å². The Bertz CT molecular complexity index is 571. The van der Waals surface area contributed by atoms with Crippen molar-refractivity contribution in [2.24, 2.45) is 10.8 Å². The molecule has 0 atom stereocenters. The SMILES string of the molecule is CCn1cc(/C=N\NC(N)=O)c2ccccc21. The number of rotatable bonds is 3. The Kier molecular flexibility index (Phi) is 3.09. The fourth-order valence-corrected chi connectivity index (χ4v) is 1.81. The summed E-state index contributed by atoms with van der Waals surface area (Å²) in [6.07, 6.45) is 3.59. The van der Waals surface area contributed by atoms with Gasteiger partial charge in [0.05, 0.1) is 6.21 Å². The maximum Gasteiger partial charge on any atom is 0.332 e. The van der Waals surface area contributed by atoms with Crippen LogP contribution in [0.2, 0.25) is 0 Å². The molecule has 0 unspecified atom stereocenters. The summed E-state index contributed by atoms with van der Waals surface area (Å²) in [6.45, 7) is 2.96. The molecule has 1 aromatic heterocycles. The number of hydrazone groups is 1. The van der Waals surface area contributed by atoms with Gasteiger partial charge in [-0.3, -0.25) is 0 Å². The Hall–Kier alpha value is -2.30. The lowest BCUT2D eigenvalue weighted by Gasteiger charge is -1.97. The first kappa shape index (κ1) is 11.2. The zero-order valence-electron chi connectivity index (χ0n) is 9.55. The first-order chi connectivity index (χ1) is 8.22. The molecule has 0 spiro atoms. The molecule has 2 amide bonds. The molecular formula is C12H14N4O. The van der Waals surface area contributed by atoms with Crippen LogP contribution in [0.4, 0.5) is 4.79 Å². The van der Waals surface area contributed by atoms with Crippen LogP contribution in [0.5, 0.6) is 0 Å². The smallest absolute Gasteiger partial charge is 0.332 e. The molecule has 88 valence electrons. The molecule has 0 radical (unpaired) electrons. The van der Waals surface area contributed by atoms with Crippen LogP contribution in [-0.4, -0.2) is 16.8 Å². The molecule has 0 bridgehead atoms. The molecule has 3 N–H and O–H groups in total. The Morgan fingerprint density at radius 1 is 1.53 bits per heavy atom. The second-order valence-corrected chi connectivity index (χ2v) is 3.62. The van der Waals surface area contributed by atoms with Crippen molar-refractivity contribution in [3.8, 4) is 0 Å². The first-order valence-electron chi connectivity index (χ1n) is 5.38. The van der Waals surface area contributed by atoms with Gasteiger partial charge in [0, 0.05) is 29.2 Å². The maximum atomic E-state index is 10.5. The fourth-order valence-electron chi connectivity index (χ4n) is 1.81. The molecule has 2 rings (SSSR count). The summed E-state index contributed by atoms with van der Waals surface area (Å²) >= 11 is 0. The number of primary amides is 1. The number of para-hydroxylation sites is 1. The number of nitrogens with zero attached hydrogens (tertiary/aromatic N) is 2. The minimum atomic E-state index is -0.666. The van der Waals surface area contributed by atoms with Crippen LogP contribution in [0.1, 0.15) is 12.5 Å². The summed E-state index contributed by atoms with van der Waals surface area (Å²) in [6, 6.07) is 7.38. The molecule has 0 aliphatic carbocycles. The number of benzene rings is 1. The number of hydrogen-bond donors (Lipinski definition) is 2. The van der Waals surface area contributed by atoms with Crippen LogP contribution < -0.4 is 11.2 Å². The monoisotopic (exact) mass is 230 g/mol. The average Bonchev–Trinajstić information content (AvgIpc) is 2.68. The normalized spacial score (nSPS) is 11.1. The van der Waals surface area contributed by atoms with Crippen LogP contribution in [0, 0.1) is 0 Å². The van der Waals surface area contributed by atoms with Crippen molar-refractivity contribution in [3.63, 3.8) is 0 Å². The maximum absolute atomic E-state index is 10.5. The molecular weight excluding hydrogens is 216 g/mol. The van der Waals surface area contributed by atoms with Gasteiger partial charge in [-0.15, -0.1) is 0 Å². The summed E-state index contributed by atoms with van der Waals surface area (Å²) in [4.78, 5) is 10.5. The minimum Gasteiger partial charge on any atom is -0.350 e. The van der Waals surface area contributed by atoms with Gasteiger partial charge in [0.1, 0.15) is 0 Å². The Morgan fingerprint density at radius 3 is 3.00 bits per heavy atom. The molecule has 1 heterocycles. The van der Waals surface area contributed by atoms with E-state index in [0.29, 0.717) is 0 Å².